The number of aromatic nitrogens is 2. The fourth-order valence-corrected chi connectivity index (χ4v) is 3.79. The standard InChI is InChI=1S/C24H21N3O2S/c1-24(17-9-5-3-6-10-17,18-11-7-4-8-12-18)26-21(28)16-13-14-19-20(15-16)25-23(30)27(2)22(19)29/h3-15H,1-2H3,(H,25,30)(H,26,28). The summed E-state index contributed by atoms with van der Waals surface area (Å²) in [4.78, 5) is 28.7. The summed E-state index contributed by atoms with van der Waals surface area (Å²) < 4.78 is 1.68. The molecule has 0 bridgehead atoms. The summed E-state index contributed by atoms with van der Waals surface area (Å²) in [6.45, 7) is 1.99. The van der Waals surface area contributed by atoms with Gasteiger partial charge in [0.05, 0.1) is 16.4 Å². The molecular formula is C24H21N3O2S. The minimum absolute atomic E-state index is 0.195. The highest BCUT2D eigenvalue weighted by molar-refractivity contribution is 7.71. The van der Waals surface area contributed by atoms with E-state index in [1.165, 1.54) is 4.57 Å². The van der Waals surface area contributed by atoms with E-state index in [0.717, 1.165) is 11.1 Å². The third kappa shape index (κ3) is 3.46. The molecule has 3 aromatic carbocycles. The number of hydrogen-bond acceptors (Lipinski definition) is 3. The van der Waals surface area contributed by atoms with Crippen LogP contribution in [0.5, 0.6) is 0 Å². The average molecular weight is 416 g/mol. The van der Waals surface area contributed by atoms with Crippen LogP contribution in [0.3, 0.4) is 0 Å². The van der Waals surface area contributed by atoms with E-state index in [4.69, 9.17) is 12.2 Å². The van der Waals surface area contributed by atoms with Crippen molar-refractivity contribution in [1.82, 2.24) is 14.9 Å². The number of H-pyrrole nitrogens is 1. The van der Waals surface area contributed by atoms with Gasteiger partial charge in [-0.15, -0.1) is 0 Å². The summed E-state index contributed by atoms with van der Waals surface area (Å²) in [5.41, 5.74) is 2.00. The van der Waals surface area contributed by atoms with Crippen LogP contribution in [0.15, 0.2) is 83.7 Å². The van der Waals surface area contributed by atoms with E-state index in [1.807, 2.05) is 67.6 Å². The van der Waals surface area contributed by atoms with Gasteiger partial charge in [0.25, 0.3) is 11.5 Å². The number of carbonyl (C=O) groups is 1. The molecule has 0 saturated heterocycles. The molecule has 0 fully saturated rings. The number of nitrogens with zero attached hydrogens (tertiary/aromatic N) is 1. The predicted octanol–water partition coefficient (Wildman–Crippen LogP) is 4.29. The van der Waals surface area contributed by atoms with Crippen molar-refractivity contribution in [3.63, 3.8) is 0 Å². The van der Waals surface area contributed by atoms with E-state index in [-0.39, 0.29) is 11.5 Å². The third-order valence-corrected chi connectivity index (χ3v) is 5.80. The van der Waals surface area contributed by atoms with Gasteiger partial charge in [0, 0.05) is 12.6 Å². The van der Waals surface area contributed by atoms with Crippen molar-refractivity contribution in [1.29, 1.82) is 0 Å². The Bertz CT molecular complexity index is 1300. The van der Waals surface area contributed by atoms with E-state index in [9.17, 15) is 9.59 Å². The normalized spacial score (nSPS) is 11.4. The van der Waals surface area contributed by atoms with Crippen LogP contribution in [-0.4, -0.2) is 15.5 Å². The lowest BCUT2D eigenvalue weighted by molar-refractivity contribution is 0.0919. The van der Waals surface area contributed by atoms with Crippen molar-refractivity contribution in [3.05, 3.63) is 111 Å². The van der Waals surface area contributed by atoms with Gasteiger partial charge in [0.1, 0.15) is 0 Å². The van der Waals surface area contributed by atoms with Crippen LogP contribution in [0.2, 0.25) is 0 Å². The van der Waals surface area contributed by atoms with Gasteiger partial charge in [0.2, 0.25) is 0 Å². The van der Waals surface area contributed by atoms with E-state index < -0.39 is 5.54 Å². The first kappa shape index (κ1) is 19.8. The van der Waals surface area contributed by atoms with Crippen LogP contribution < -0.4 is 10.9 Å². The number of nitrogens with one attached hydrogen (secondary N) is 2. The molecule has 0 aliphatic carbocycles. The Morgan fingerprint density at radius 3 is 2.10 bits per heavy atom. The Kier molecular flexibility index (Phi) is 5.10. The van der Waals surface area contributed by atoms with Gasteiger partial charge in [0.15, 0.2) is 4.77 Å². The molecule has 0 radical (unpaired) electrons. The molecule has 0 spiro atoms. The quantitative estimate of drug-likeness (QED) is 0.489. The van der Waals surface area contributed by atoms with Crippen LogP contribution in [0.25, 0.3) is 10.9 Å². The second-order valence-electron chi connectivity index (χ2n) is 7.37. The Morgan fingerprint density at radius 1 is 0.967 bits per heavy atom. The van der Waals surface area contributed by atoms with Gasteiger partial charge in [-0.1, -0.05) is 60.7 Å². The molecule has 0 saturated carbocycles. The Labute approximate surface area is 179 Å². The van der Waals surface area contributed by atoms with Crippen LogP contribution in [-0.2, 0) is 12.6 Å². The second-order valence-corrected chi connectivity index (χ2v) is 7.75. The van der Waals surface area contributed by atoms with Crippen molar-refractivity contribution < 1.29 is 4.79 Å². The monoisotopic (exact) mass is 415 g/mol. The number of hydrogen-bond donors (Lipinski definition) is 2. The molecule has 1 amide bonds. The highest BCUT2D eigenvalue weighted by atomic mass is 32.1. The first-order chi connectivity index (χ1) is 14.4. The summed E-state index contributed by atoms with van der Waals surface area (Å²) in [6.07, 6.45) is 0. The fourth-order valence-electron chi connectivity index (χ4n) is 3.60. The maximum Gasteiger partial charge on any atom is 0.261 e. The molecule has 6 heteroatoms. The number of carbonyl (C=O) groups excluding carboxylic acids is 1. The van der Waals surface area contributed by atoms with Crippen molar-refractivity contribution in [3.8, 4) is 0 Å². The van der Waals surface area contributed by atoms with Gasteiger partial charge >= 0.3 is 0 Å². The number of aromatic amines is 1. The first-order valence-electron chi connectivity index (χ1n) is 9.57. The number of benzene rings is 3. The third-order valence-electron chi connectivity index (χ3n) is 5.43. The SMILES string of the molecule is Cn1c(=S)[nH]c2cc(C(=O)NC(C)(c3ccccc3)c3ccccc3)ccc2c1=O. The zero-order valence-electron chi connectivity index (χ0n) is 16.7. The lowest BCUT2D eigenvalue weighted by Gasteiger charge is -2.32. The summed E-state index contributed by atoms with van der Waals surface area (Å²) >= 11 is 5.20. The maximum absolute atomic E-state index is 13.3. The number of amides is 1. The highest BCUT2D eigenvalue weighted by Crippen LogP contribution is 2.29. The van der Waals surface area contributed by atoms with Gasteiger partial charge in [-0.05, 0) is 48.5 Å². The molecule has 4 rings (SSSR count). The molecular weight excluding hydrogens is 394 g/mol. The zero-order chi connectivity index (χ0) is 21.3. The van der Waals surface area contributed by atoms with Crippen molar-refractivity contribution in [2.24, 2.45) is 7.05 Å². The molecule has 1 aromatic heterocycles. The van der Waals surface area contributed by atoms with E-state index in [1.54, 1.807) is 25.2 Å². The van der Waals surface area contributed by atoms with Crippen LogP contribution in [0.4, 0.5) is 0 Å². The van der Waals surface area contributed by atoms with Crippen LogP contribution in [0, 0.1) is 4.77 Å². The number of fused-ring (bicyclic) bond motifs is 1. The minimum atomic E-state index is -0.728. The Morgan fingerprint density at radius 2 is 1.53 bits per heavy atom. The number of rotatable bonds is 4. The lowest BCUT2D eigenvalue weighted by Crippen LogP contribution is -2.44. The topological polar surface area (TPSA) is 66.9 Å². The summed E-state index contributed by atoms with van der Waals surface area (Å²) in [7, 11) is 1.62. The van der Waals surface area contributed by atoms with Crippen LogP contribution in [0.1, 0.15) is 28.4 Å². The lowest BCUT2D eigenvalue weighted by atomic mass is 9.84. The molecule has 0 unspecified atom stereocenters. The summed E-state index contributed by atoms with van der Waals surface area (Å²) in [5, 5.41) is 3.67. The molecule has 150 valence electrons. The van der Waals surface area contributed by atoms with Gasteiger partial charge in [-0.3, -0.25) is 14.2 Å². The van der Waals surface area contributed by atoms with Crippen LogP contribution >= 0.6 is 12.2 Å². The molecule has 4 aromatic rings. The molecule has 2 N–H and O–H groups in total. The molecule has 0 aliphatic heterocycles. The average Bonchev–Trinajstić information content (AvgIpc) is 2.78. The fraction of sp³-hybridized carbons (Fsp3) is 0.125. The van der Waals surface area contributed by atoms with E-state index >= 15 is 0 Å². The minimum Gasteiger partial charge on any atom is -0.339 e. The molecule has 0 atom stereocenters. The van der Waals surface area contributed by atoms with Crippen molar-refractivity contribution in [2.75, 3.05) is 0 Å². The highest BCUT2D eigenvalue weighted by Gasteiger charge is 2.31. The predicted molar refractivity (Wildman–Crippen MR) is 121 cm³/mol. The zero-order valence-corrected chi connectivity index (χ0v) is 17.5. The second kappa shape index (κ2) is 7.72. The van der Waals surface area contributed by atoms with Gasteiger partial charge < -0.3 is 10.3 Å². The molecule has 5 nitrogen and oxygen atoms in total. The smallest absolute Gasteiger partial charge is 0.261 e. The molecule has 30 heavy (non-hydrogen) atoms. The Hall–Kier alpha value is -3.51. The largest absolute Gasteiger partial charge is 0.339 e. The maximum atomic E-state index is 13.3. The first-order valence-corrected chi connectivity index (χ1v) is 9.97. The summed E-state index contributed by atoms with van der Waals surface area (Å²) in [5.74, 6) is -0.243. The molecule has 0 aliphatic rings. The van der Waals surface area contributed by atoms with Crippen molar-refractivity contribution >= 4 is 29.0 Å². The molecule has 1 heterocycles. The van der Waals surface area contributed by atoms with E-state index in [2.05, 4.69) is 10.3 Å². The van der Waals surface area contributed by atoms with Gasteiger partial charge in [-0.25, -0.2) is 0 Å². The van der Waals surface area contributed by atoms with Crippen molar-refractivity contribution in [2.45, 2.75) is 12.5 Å². The van der Waals surface area contributed by atoms with Gasteiger partial charge in [-0.2, -0.15) is 0 Å². The summed E-state index contributed by atoms with van der Waals surface area (Å²) in [6, 6.07) is 24.7. The Balaban J connectivity index is 1.78. The van der Waals surface area contributed by atoms with E-state index in [0.29, 0.717) is 21.2 Å².